The van der Waals surface area contributed by atoms with Gasteiger partial charge in [-0.15, -0.1) is 11.8 Å². The number of rotatable bonds is 11. The molecule has 2 aromatic rings. The number of hydrogen-bond acceptors (Lipinski definition) is 12. The monoisotopic (exact) mass is 710 g/mol. The largest absolute Gasteiger partial charge is 0.456 e. The van der Waals surface area contributed by atoms with Crippen LogP contribution in [0.15, 0.2) is 64.1 Å². The molecule has 0 spiro atoms. The van der Waals surface area contributed by atoms with Gasteiger partial charge in [0.05, 0.1) is 27.9 Å². The highest BCUT2D eigenvalue weighted by atomic mass is 32.2. The highest BCUT2D eigenvalue weighted by Crippen LogP contribution is 2.52. The van der Waals surface area contributed by atoms with Crippen LogP contribution < -0.4 is 5.73 Å². The number of nitro benzene ring substituents is 2. The minimum Gasteiger partial charge on any atom is -0.456 e. The number of amidine groups is 1. The van der Waals surface area contributed by atoms with E-state index in [0.29, 0.717) is 16.0 Å². The molecule has 17 nitrogen and oxygen atoms in total. The quantitative estimate of drug-likeness (QED) is 0.0853. The van der Waals surface area contributed by atoms with E-state index in [1.807, 2.05) is 6.92 Å². The van der Waals surface area contributed by atoms with Crippen molar-refractivity contribution in [1.82, 2.24) is 9.80 Å². The zero-order valence-electron chi connectivity index (χ0n) is 27.2. The molecular formula is C32H34N6O11S. The molecule has 0 saturated carbocycles. The lowest BCUT2D eigenvalue weighted by Crippen LogP contribution is -2.63. The van der Waals surface area contributed by atoms with Crippen LogP contribution in [-0.2, 0) is 37.1 Å². The molecule has 50 heavy (non-hydrogen) atoms. The van der Waals surface area contributed by atoms with Crippen molar-refractivity contribution >= 4 is 52.8 Å². The van der Waals surface area contributed by atoms with Crippen LogP contribution in [0.2, 0.25) is 0 Å². The van der Waals surface area contributed by atoms with Gasteiger partial charge in [0.2, 0.25) is 11.8 Å². The number of aliphatic hydroxyl groups excluding tert-OH is 1. The van der Waals surface area contributed by atoms with Crippen LogP contribution in [0.3, 0.4) is 0 Å². The van der Waals surface area contributed by atoms with E-state index in [1.54, 1.807) is 4.90 Å². The molecular weight excluding hydrogens is 676 g/mol. The highest BCUT2D eigenvalue weighted by Gasteiger charge is 2.60. The molecule has 264 valence electrons. The lowest BCUT2D eigenvalue weighted by Gasteiger charge is -2.46. The summed E-state index contributed by atoms with van der Waals surface area (Å²) in [5.41, 5.74) is 6.53. The zero-order valence-corrected chi connectivity index (χ0v) is 28.0. The van der Waals surface area contributed by atoms with E-state index >= 15 is 0 Å². The van der Waals surface area contributed by atoms with E-state index in [1.165, 1.54) is 79.0 Å². The number of carbonyl (C=O) groups is 4. The van der Waals surface area contributed by atoms with Gasteiger partial charge in [-0.25, -0.2) is 9.59 Å². The molecule has 3 amide bonds. The number of likely N-dealkylation sites (tertiary alicyclic amines) is 1. The van der Waals surface area contributed by atoms with E-state index in [9.17, 15) is 44.5 Å². The molecule has 3 heterocycles. The Morgan fingerprint density at radius 3 is 2.06 bits per heavy atom. The van der Waals surface area contributed by atoms with E-state index < -0.39 is 57.8 Å². The summed E-state index contributed by atoms with van der Waals surface area (Å²) in [6, 6.07) is 9.61. The van der Waals surface area contributed by atoms with E-state index in [0.717, 1.165) is 0 Å². The minimum atomic E-state index is -0.965. The Balaban J connectivity index is 1.31. The number of β-lactam (4-membered cyclic amide) rings is 1. The fraction of sp³-hybridized carbons (Fsp3) is 0.406. The molecule has 0 aliphatic carbocycles. The predicted molar refractivity (Wildman–Crippen MR) is 177 cm³/mol. The van der Waals surface area contributed by atoms with Gasteiger partial charge in [0.25, 0.3) is 11.4 Å². The Bertz CT molecular complexity index is 1780. The van der Waals surface area contributed by atoms with Crippen molar-refractivity contribution in [1.29, 1.82) is 0 Å². The Morgan fingerprint density at radius 2 is 1.56 bits per heavy atom. The van der Waals surface area contributed by atoms with Gasteiger partial charge in [0, 0.05) is 46.9 Å². The number of nitro groups is 2. The average Bonchev–Trinajstić information content (AvgIpc) is 3.60. The molecule has 2 saturated heterocycles. The summed E-state index contributed by atoms with van der Waals surface area (Å²) in [7, 11) is 0. The molecule has 5 unspecified atom stereocenters. The van der Waals surface area contributed by atoms with E-state index in [-0.39, 0.29) is 60.3 Å². The van der Waals surface area contributed by atoms with Gasteiger partial charge in [-0.1, -0.05) is 6.92 Å². The number of fused-ring (bicyclic) bond motifs is 1. The average molecular weight is 711 g/mol. The number of nitrogens with two attached hydrogens (primary N) is 1. The molecule has 0 bridgehead atoms. The maximum absolute atomic E-state index is 13.6. The Hall–Kier alpha value is -5.36. The molecule has 18 heteroatoms. The van der Waals surface area contributed by atoms with Crippen molar-refractivity contribution in [2.45, 2.75) is 63.8 Å². The molecule has 6 atom stereocenters. The van der Waals surface area contributed by atoms with Gasteiger partial charge < -0.3 is 30.1 Å². The summed E-state index contributed by atoms with van der Waals surface area (Å²) in [6.07, 6.45) is -1.68. The van der Waals surface area contributed by atoms with Crippen LogP contribution in [0.5, 0.6) is 0 Å². The lowest BCUT2D eigenvalue weighted by atomic mass is 9.79. The number of aliphatic imine (C=N–C) groups is 1. The number of aliphatic hydroxyl groups is 1. The SMILES string of the molecule is CC(=NC(=O)OCc1ccc([N+](=O)[O-])cc1)N1CC(SC2=C(C(=O)OCc3ccc([N+](=O)[O-])cc3)N3C(=O)C(C(C)O)[C@H]3C2C)CC1C(N)=O. The number of nitrogens with zero attached hydrogens (tertiary/aromatic N) is 5. The number of amides is 3. The van der Waals surface area contributed by atoms with Crippen LogP contribution in [0.4, 0.5) is 16.2 Å². The van der Waals surface area contributed by atoms with Crippen LogP contribution in [0.25, 0.3) is 0 Å². The van der Waals surface area contributed by atoms with Gasteiger partial charge >= 0.3 is 12.1 Å². The van der Waals surface area contributed by atoms with Crippen LogP contribution in [0.1, 0.15) is 38.3 Å². The summed E-state index contributed by atoms with van der Waals surface area (Å²) < 4.78 is 10.8. The summed E-state index contributed by atoms with van der Waals surface area (Å²) in [5, 5.41) is 31.8. The molecule has 0 aromatic heterocycles. The zero-order chi connectivity index (χ0) is 36.4. The summed E-state index contributed by atoms with van der Waals surface area (Å²) in [5.74, 6) is -2.81. The Labute approximate surface area is 289 Å². The first-order valence-corrected chi connectivity index (χ1v) is 16.4. The van der Waals surface area contributed by atoms with Crippen molar-refractivity contribution in [3.63, 3.8) is 0 Å². The van der Waals surface area contributed by atoms with Crippen molar-refractivity contribution in [3.05, 3.63) is 90.5 Å². The number of non-ortho nitro benzene ring substituents is 2. The number of hydrogen-bond donors (Lipinski definition) is 2. The fourth-order valence-corrected chi connectivity index (χ4v) is 7.90. The van der Waals surface area contributed by atoms with Crippen molar-refractivity contribution in [2.75, 3.05) is 6.54 Å². The minimum absolute atomic E-state index is 0.0330. The maximum atomic E-state index is 13.6. The van der Waals surface area contributed by atoms with Gasteiger partial charge in [0.15, 0.2) is 0 Å². The third-order valence-corrected chi connectivity index (χ3v) is 10.4. The second-order valence-electron chi connectivity index (χ2n) is 12.1. The lowest BCUT2D eigenvalue weighted by molar-refractivity contribution is -0.385. The number of primary amides is 1. The number of benzene rings is 2. The normalized spacial score (nSPS) is 23.6. The molecule has 5 rings (SSSR count). The summed E-state index contributed by atoms with van der Waals surface area (Å²) >= 11 is 1.28. The number of ether oxygens (including phenoxy) is 2. The van der Waals surface area contributed by atoms with Crippen LogP contribution in [-0.4, -0.2) is 84.4 Å². The molecule has 3 aliphatic rings. The van der Waals surface area contributed by atoms with Crippen LogP contribution >= 0.6 is 11.8 Å². The topological polar surface area (TPSA) is 238 Å². The smallest absolute Gasteiger partial charge is 0.435 e. The summed E-state index contributed by atoms with van der Waals surface area (Å²) in [4.78, 5) is 80.0. The van der Waals surface area contributed by atoms with E-state index in [4.69, 9.17) is 15.2 Å². The Kier molecular flexibility index (Phi) is 10.5. The fourth-order valence-electron chi connectivity index (χ4n) is 6.38. The first-order valence-electron chi connectivity index (χ1n) is 15.5. The number of carbonyl (C=O) groups excluding carboxylic acids is 4. The van der Waals surface area contributed by atoms with Gasteiger partial charge in [-0.05, 0) is 55.7 Å². The highest BCUT2D eigenvalue weighted by molar-refractivity contribution is 8.03. The summed E-state index contributed by atoms with van der Waals surface area (Å²) in [6.45, 7) is 4.66. The van der Waals surface area contributed by atoms with Crippen molar-refractivity contribution in [2.24, 2.45) is 22.6 Å². The van der Waals surface area contributed by atoms with E-state index in [2.05, 4.69) is 4.99 Å². The molecule has 2 aromatic carbocycles. The molecule has 3 aliphatic heterocycles. The van der Waals surface area contributed by atoms with Gasteiger partial charge in [0.1, 0.15) is 30.8 Å². The van der Waals surface area contributed by atoms with Crippen LogP contribution in [0, 0.1) is 32.1 Å². The van der Waals surface area contributed by atoms with Gasteiger partial charge in [-0.2, -0.15) is 4.99 Å². The second kappa shape index (κ2) is 14.6. The standard InChI is InChI=1S/C32H34N6O11S/c1-16-26-25(17(2)39)30(41)36(26)27(31(42)48-14-19-4-8-21(9-5-19)37(44)45)28(16)50-23-12-24(29(33)40)35(13-23)18(3)34-32(43)49-15-20-6-10-22(11-7-20)38(46)47/h4-11,16-17,23-26,39H,12-15H2,1-3H3,(H2,33,40)/t16?,17?,23?,24?,25?,26-/m1/s1. The van der Waals surface area contributed by atoms with Crippen molar-refractivity contribution < 1.29 is 43.6 Å². The third kappa shape index (κ3) is 7.30. The third-order valence-electron chi connectivity index (χ3n) is 8.88. The van der Waals surface area contributed by atoms with Crippen molar-refractivity contribution in [3.8, 4) is 0 Å². The Morgan fingerprint density at radius 1 is 1.02 bits per heavy atom. The first kappa shape index (κ1) is 35.9. The van der Waals surface area contributed by atoms with Gasteiger partial charge in [-0.3, -0.25) is 29.8 Å². The first-order chi connectivity index (χ1) is 23.7. The predicted octanol–water partition coefficient (Wildman–Crippen LogP) is 3.03. The molecule has 2 fully saturated rings. The number of thioether (sulfide) groups is 1. The maximum Gasteiger partial charge on any atom is 0.435 e. The number of esters is 1. The molecule has 3 N–H and O–H groups in total. The second-order valence-corrected chi connectivity index (χ2v) is 13.5. The molecule has 0 radical (unpaired) electrons.